The van der Waals surface area contributed by atoms with Crippen LogP contribution in [0.25, 0.3) is 0 Å². The van der Waals surface area contributed by atoms with Gasteiger partial charge in [-0.2, -0.15) is 0 Å². The molecule has 5 nitrogen and oxygen atoms in total. The van der Waals surface area contributed by atoms with Crippen LogP contribution in [0.1, 0.15) is 16.8 Å². The van der Waals surface area contributed by atoms with E-state index in [9.17, 15) is 4.79 Å². The molecular weight excluding hydrogens is 242 g/mol. The molecular formula is C14H23N3O2. The van der Waals surface area contributed by atoms with Crippen LogP contribution >= 0.6 is 0 Å². The lowest BCUT2D eigenvalue weighted by molar-refractivity contribution is 0.0950. The fourth-order valence-electron chi connectivity index (χ4n) is 1.70. The lowest BCUT2D eigenvalue weighted by Crippen LogP contribution is -2.32. The van der Waals surface area contributed by atoms with Gasteiger partial charge in [-0.25, -0.2) is 0 Å². The van der Waals surface area contributed by atoms with Gasteiger partial charge in [0, 0.05) is 45.0 Å². The van der Waals surface area contributed by atoms with Crippen molar-refractivity contribution in [1.29, 1.82) is 0 Å². The van der Waals surface area contributed by atoms with E-state index in [-0.39, 0.29) is 11.9 Å². The molecule has 0 aliphatic carbocycles. The van der Waals surface area contributed by atoms with Crippen molar-refractivity contribution in [3.05, 3.63) is 29.8 Å². The molecule has 3 N–H and O–H groups in total. The molecule has 0 saturated carbocycles. The summed E-state index contributed by atoms with van der Waals surface area (Å²) in [6, 6.07) is 7.46. The first-order chi connectivity index (χ1) is 9.04. The average molecular weight is 265 g/mol. The predicted molar refractivity (Wildman–Crippen MR) is 77.6 cm³/mol. The molecule has 1 unspecified atom stereocenters. The molecule has 0 aliphatic rings. The Morgan fingerprint density at radius 1 is 1.47 bits per heavy atom. The molecule has 1 rings (SSSR count). The molecule has 1 amide bonds. The van der Waals surface area contributed by atoms with Crippen molar-refractivity contribution in [1.82, 2.24) is 5.32 Å². The van der Waals surface area contributed by atoms with Gasteiger partial charge in [-0.15, -0.1) is 0 Å². The Bertz CT molecular complexity index is 407. The molecule has 0 spiro atoms. The van der Waals surface area contributed by atoms with Gasteiger partial charge in [-0.1, -0.05) is 6.07 Å². The number of rotatable bonds is 7. The van der Waals surface area contributed by atoms with Gasteiger partial charge < -0.3 is 20.7 Å². The zero-order valence-corrected chi connectivity index (χ0v) is 11.8. The number of hydrogen-bond donors (Lipinski definition) is 2. The number of carbonyl (C=O) groups is 1. The average Bonchev–Trinajstić information content (AvgIpc) is 2.39. The van der Waals surface area contributed by atoms with Crippen molar-refractivity contribution < 1.29 is 9.53 Å². The number of hydrogen-bond acceptors (Lipinski definition) is 4. The Hall–Kier alpha value is -1.59. The van der Waals surface area contributed by atoms with Crippen LogP contribution in [-0.4, -0.2) is 46.3 Å². The van der Waals surface area contributed by atoms with Crippen LogP contribution in [0.3, 0.4) is 0 Å². The van der Waals surface area contributed by atoms with Crippen LogP contribution in [0.5, 0.6) is 0 Å². The summed E-state index contributed by atoms with van der Waals surface area (Å²) >= 11 is 0. The molecule has 0 aliphatic heterocycles. The number of methoxy groups -OCH3 is 1. The number of amides is 1. The molecule has 1 aromatic rings. The van der Waals surface area contributed by atoms with E-state index in [1.54, 1.807) is 13.2 Å². The number of nitrogens with zero attached hydrogens (tertiary/aromatic N) is 1. The predicted octanol–water partition coefficient (Wildman–Crippen LogP) is 0.846. The summed E-state index contributed by atoms with van der Waals surface area (Å²) in [6.45, 7) is 1.06. The molecule has 0 saturated heterocycles. The Balaban J connectivity index is 2.47. The van der Waals surface area contributed by atoms with Crippen molar-refractivity contribution in [2.45, 2.75) is 12.5 Å². The van der Waals surface area contributed by atoms with Gasteiger partial charge in [0.2, 0.25) is 0 Å². The highest BCUT2D eigenvalue weighted by Gasteiger charge is 2.07. The van der Waals surface area contributed by atoms with Crippen LogP contribution in [0, 0.1) is 0 Å². The minimum absolute atomic E-state index is 0.0431. The highest BCUT2D eigenvalue weighted by atomic mass is 16.5. The highest BCUT2D eigenvalue weighted by Crippen LogP contribution is 2.13. The lowest BCUT2D eigenvalue weighted by atomic mass is 10.1. The van der Waals surface area contributed by atoms with Gasteiger partial charge in [0.15, 0.2) is 0 Å². The van der Waals surface area contributed by atoms with Gasteiger partial charge >= 0.3 is 0 Å². The second-order valence-electron chi connectivity index (χ2n) is 4.70. The fraction of sp³-hybridized carbons (Fsp3) is 0.500. The quantitative estimate of drug-likeness (QED) is 0.767. The van der Waals surface area contributed by atoms with E-state index in [1.807, 2.05) is 37.2 Å². The number of ether oxygens (including phenoxy) is 1. The Kier molecular flexibility index (Phi) is 6.32. The van der Waals surface area contributed by atoms with Crippen LogP contribution in [0.15, 0.2) is 24.3 Å². The van der Waals surface area contributed by atoms with Crippen molar-refractivity contribution in [3.63, 3.8) is 0 Å². The van der Waals surface area contributed by atoms with E-state index in [2.05, 4.69) is 5.32 Å². The van der Waals surface area contributed by atoms with E-state index in [0.29, 0.717) is 25.1 Å². The molecule has 19 heavy (non-hydrogen) atoms. The monoisotopic (exact) mass is 265 g/mol. The fourth-order valence-corrected chi connectivity index (χ4v) is 1.70. The zero-order chi connectivity index (χ0) is 14.3. The summed E-state index contributed by atoms with van der Waals surface area (Å²) < 4.78 is 4.94. The minimum Gasteiger partial charge on any atom is -0.383 e. The number of carbonyl (C=O) groups excluding carboxylic acids is 1. The Labute approximate surface area is 114 Å². The second kappa shape index (κ2) is 7.76. The molecule has 0 fully saturated rings. The highest BCUT2D eigenvalue weighted by molar-refractivity contribution is 5.95. The third kappa shape index (κ3) is 5.28. The summed E-state index contributed by atoms with van der Waals surface area (Å²) in [5.41, 5.74) is 7.45. The Morgan fingerprint density at radius 2 is 2.21 bits per heavy atom. The summed E-state index contributed by atoms with van der Waals surface area (Å²) in [4.78, 5) is 13.9. The largest absolute Gasteiger partial charge is 0.383 e. The summed E-state index contributed by atoms with van der Waals surface area (Å²) in [5, 5.41) is 2.86. The first kappa shape index (κ1) is 15.5. The summed E-state index contributed by atoms with van der Waals surface area (Å²) in [6.07, 6.45) is 0.701. The van der Waals surface area contributed by atoms with E-state index in [0.717, 1.165) is 5.69 Å². The Morgan fingerprint density at radius 3 is 2.84 bits per heavy atom. The second-order valence-corrected chi connectivity index (χ2v) is 4.70. The summed E-state index contributed by atoms with van der Waals surface area (Å²) in [5.74, 6) is -0.0756. The first-order valence-electron chi connectivity index (χ1n) is 6.34. The molecule has 5 heteroatoms. The normalized spacial score (nSPS) is 12.0. The molecule has 0 bridgehead atoms. The van der Waals surface area contributed by atoms with Crippen molar-refractivity contribution in [2.75, 3.05) is 39.3 Å². The molecule has 0 heterocycles. The number of anilines is 1. The standard InChI is InChI=1S/C14H23N3O2/c1-17(2)13-6-4-5-11(9-13)14(18)16-8-7-12(15)10-19-3/h4-6,9,12H,7-8,10,15H2,1-3H3,(H,16,18). The maximum atomic E-state index is 12.0. The van der Waals surface area contributed by atoms with Crippen LogP contribution in [-0.2, 0) is 4.74 Å². The summed E-state index contributed by atoms with van der Waals surface area (Å²) in [7, 11) is 5.51. The topological polar surface area (TPSA) is 67.6 Å². The van der Waals surface area contributed by atoms with Crippen LogP contribution < -0.4 is 16.0 Å². The van der Waals surface area contributed by atoms with Gasteiger partial charge in [0.1, 0.15) is 0 Å². The smallest absolute Gasteiger partial charge is 0.251 e. The maximum absolute atomic E-state index is 12.0. The van der Waals surface area contributed by atoms with Gasteiger partial charge in [0.25, 0.3) is 5.91 Å². The molecule has 1 aromatic carbocycles. The third-order valence-corrected chi connectivity index (χ3v) is 2.81. The third-order valence-electron chi connectivity index (χ3n) is 2.81. The number of benzene rings is 1. The van der Waals surface area contributed by atoms with Crippen molar-refractivity contribution in [3.8, 4) is 0 Å². The lowest BCUT2D eigenvalue weighted by Gasteiger charge is -2.14. The van der Waals surface area contributed by atoms with E-state index < -0.39 is 0 Å². The van der Waals surface area contributed by atoms with Crippen molar-refractivity contribution in [2.24, 2.45) is 5.73 Å². The van der Waals surface area contributed by atoms with Gasteiger partial charge in [-0.3, -0.25) is 4.79 Å². The number of nitrogens with two attached hydrogens (primary N) is 1. The van der Waals surface area contributed by atoms with E-state index in [4.69, 9.17) is 10.5 Å². The minimum atomic E-state index is -0.0756. The number of nitrogens with one attached hydrogen (secondary N) is 1. The molecule has 106 valence electrons. The first-order valence-corrected chi connectivity index (χ1v) is 6.34. The van der Waals surface area contributed by atoms with Gasteiger partial charge in [0.05, 0.1) is 6.61 Å². The van der Waals surface area contributed by atoms with Crippen molar-refractivity contribution >= 4 is 11.6 Å². The maximum Gasteiger partial charge on any atom is 0.251 e. The molecule has 0 radical (unpaired) electrons. The van der Waals surface area contributed by atoms with E-state index in [1.165, 1.54) is 0 Å². The SMILES string of the molecule is COCC(N)CCNC(=O)c1cccc(N(C)C)c1. The molecule has 1 atom stereocenters. The van der Waals surface area contributed by atoms with Crippen LogP contribution in [0.4, 0.5) is 5.69 Å². The van der Waals surface area contributed by atoms with Crippen LogP contribution in [0.2, 0.25) is 0 Å². The van der Waals surface area contributed by atoms with E-state index >= 15 is 0 Å². The zero-order valence-electron chi connectivity index (χ0n) is 11.8. The van der Waals surface area contributed by atoms with Gasteiger partial charge in [-0.05, 0) is 24.6 Å². The molecule has 0 aromatic heterocycles.